The van der Waals surface area contributed by atoms with Gasteiger partial charge in [0.2, 0.25) is 5.91 Å². The highest BCUT2D eigenvalue weighted by Crippen LogP contribution is 2.13. The highest BCUT2D eigenvalue weighted by atomic mass is 16.2. The van der Waals surface area contributed by atoms with Crippen molar-refractivity contribution in [2.45, 2.75) is 12.5 Å². The zero-order valence-corrected chi connectivity index (χ0v) is 9.49. The number of hydrogen-bond acceptors (Lipinski definition) is 4. The summed E-state index contributed by atoms with van der Waals surface area (Å²) in [5.74, 6) is -0.225. The van der Waals surface area contributed by atoms with Crippen LogP contribution in [0.4, 0.5) is 5.69 Å². The van der Waals surface area contributed by atoms with Crippen LogP contribution >= 0.6 is 0 Å². The molecular formula is C11H14N4O2. The van der Waals surface area contributed by atoms with Crippen LogP contribution in [0, 0.1) is 0 Å². The molecular weight excluding hydrogens is 220 g/mol. The van der Waals surface area contributed by atoms with Gasteiger partial charge in [0.05, 0.1) is 23.5 Å². The van der Waals surface area contributed by atoms with E-state index in [4.69, 9.17) is 0 Å². The molecule has 6 heteroatoms. The number of carbonyl (C=O) groups excluding carboxylic acids is 2. The maximum atomic E-state index is 12.0. The molecule has 0 saturated carbocycles. The molecule has 0 radical (unpaired) electrons. The molecule has 0 spiro atoms. The van der Waals surface area contributed by atoms with Crippen molar-refractivity contribution in [1.82, 2.24) is 15.6 Å². The number of pyridine rings is 1. The Kier molecular flexibility index (Phi) is 3.22. The molecule has 2 amide bonds. The monoisotopic (exact) mass is 234 g/mol. The van der Waals surface area contributed by atoms with Gasteiger partial charge in [0, 0.05) is 26.2 Å². The molecule has 0 aliphatic carbocycles. The van der Waals surface area contributed by atoms with Gasteiger partial charge in [-0.1, -0.05) is 0 Å². The van der Waals surface area contributed by atoms with Gasteiger partial charge in [0.1, 0.15) is 0 Å². The summed E-state index contributed by atoms with van der Waals surface area (Å²) in [6.07, 6.45) is 3.49. The van der Waals surface area contributed by atoms with E-state index >= 15 is 0 Å². The van der Waals surface area contributed by atoms with Crippen molar-refractivity contribution >= 4 is 17.5 Å². The predicted octanol–water partition coefficient (Wildman–Crippen LogP) is -0.258. The van der Waals surface area contributed by atoms with Crippen molar-refractivity contribution in [2.24, 2.45) is 0 Å². The van der Waals surface area contributed by atoms with E-state index in [0.29, 0.717) is 24.2 Å². The van der Waals surface area contributed by atoms with Gasteiger partial charge in [-0.05, 0) is 6.07 Å². The van der Waals surface area contributed by atoms with E-state index in [0.717, 1.165) is 0 Å². The Balaban J connectivity index is 2.06. The lowest BCUT2D eigenvalue weighted by Crippen LogP contribution is -2.36. The molecule has 1 unspecified atom stereocenters. The molecule has 1 aliphatic rings. The molecule has 1 saturated heterocycles. The van der Waals surface area contributed by atoms with Gasteiger partial charge in [-0.15, -0.1) is 0 Å². The third-order valence-corrected chi connectivity index (χ3v) is 2.65. The van der Waals surface area contributed by atoms with Gasteiger partial charge in [-0.2, -0.15) is 0 Å². The van der Waals surface area contributed by atoms with Gasteiger partial charge in [-0.3, -0.25) is 14.6 Å². The molecule has 1 aromatic heterocycles. The first kappa shape index (κ1) is 11.4. The molecule has 17 heavy (non-hydrogen) atoms. The normalized spacial score (nSPS) is 18.6. The van der Waals surface area contributed by atoms with Crippen LogP contribution in [-0.4, -0.2) is 36.4 Å². The van der Waals surface area contributed by atoms with Crippen LogP contribution < -0.4 is 16.0 Å². The Hall–Kier alpha value is -2.11. The van der Waals surface area contributed by atoms with Crippen molar-refractivity contribution < 1.29 is 9.59 Å². The van der Waals surface area contributed by atoms with E-state index in [2.05, 4.69) is 20.9 Å². The minimum atomic E-state index is -0.196. The second kappa shape index (κ2) is 4.82. The van der Waals surface area contributed by atoms with Crippen LogP contribution in [0.1, 0.15) is 16.8 Å². The molecule has 1 fully saturated rings. The average Bonchev–Trinajstić information content (AvgIpc) is 2.74. The third-order valence-electron chi connectivity index (χ3n) is 2.65. The van der Waals surface area contributed by atoms with E-state index < -0.39 is 0 Å². The Morgan fingerprint density at radius 1 is 1.59 bits per heavy atom. The van der Waals surface area contributed by atoms with E-state index in [1.165, 1.54) is 0 Å². The first-order valence-electron chi connectivity index (χ1n) is 5.40. The summed E-state index contributed by atoms with van der Waals surface area (Å²) in [4.78, 5) is 26.9. The summed E-state index contributed by atoms with van der Waals surface area (Å²) in [6, 6.07) is 1.51. The van der Waals surface area contributed by atoms with Crippen molar-refractivity contribution in [3.8, 4) is 0 Å². The molecule has 2 rings (SSSR count). The first-order chi connectivity index (χ1) is 8.20. The fourth-order valence-electron chi connectivity index (χ4n) is 1.76. The van der Waals surface area contributed by atoms with Crippen LogP contribution in [0.25, 0.3) is 0 Å². The molecule has 3 N–H and O–H groups in total. The summed E-state index contributed by atoms with van der Waals surface area (Å²) >= 11 is 0. The highest BCUT2D eigenvalue weighted by molar-refractivity contribution is 5.99. The lowest BCUT2D eigenvalue weighted by Gasteiger charge is -2.12. The summed E-state index contributed by atoms with van der Waals surface area (Å²) < 4.78 is 0. The zero-order valence-electron chi connectivity index (χ0n) is 9.49. The van der Waals surface area contributed by atoms with Gasteiger partial charge in [0.25, 0.3) is 5.91 Å². The molecule has 1 atom stereocenters. The summed E-state index contributed by atoms with van der Waals surface area (Å²) in [5.41, 5.74) is 1.20. The van der Waals surface area contributed by atoms with Crippen LogP contribution in [0.3, 0.4) is 0 Å². The maximum absolute atomic E-state index is 12.0. The number of hydrogen-bond donors (Lipinski definition) is 3. The predicted molar refractivity (Wildman–Crippen MR) is 62.7 cm³/mol. The van der Waals surface area contributed by atoms with Crippen LogP contribution in [0.15, 0.2) is 18.5 Å². The number of amides is 2. The van der Waals surface area contributed by atoms with Crippen molar-refractivity contribution in [3.05, 3.63) is 24.0 Å². The van der Waals surface area contributed by atoms with E-state index in [1.54, 1.807) is 25.5 Å². The van der Waals surface area contributed by atoms with E-state index in [9.17, 15) is 9.59 Å². The largest absolute Gasteiger partial charge is 0.386 e. The number of anilines is 1. The van der Waals surface area contributed by atoms with E-state index in [-0.39, 0.29) is 17.9 Å². The Morgan fingerprint density at radius 3 is 3.06 bits per heavy atom. The van der Waals surface area contributed by atoms with Gasteiger partial charge < -0.3 is 16.0 Å². The highest BCUT2D eigenvalue weighted by Gasteiger charge is 2.23. The van der Waals surface area contributed by atoms with Crippen molar-refractivity contribution in [1.29, 1.82) is 0 Å². The van der Waals surface area contributed by atoms with Gasteiger partial charge in [0.15, 0.2) is 0 Å². The lowest BCUT2D eigenvalue weighted by atomic mass is 10.2. The molecule has 0 aromatic carbocycles. The van der Waals surface area contributed by atoms with Gasteiger partial charge in [-0.25, -0.2) is 0 Å². The third kappa shape index (κ3) is 2.52. The van der Waals surface area contributed by atoms with Crippen molar-refractivity contribution in [2.75, 3.05) is 18.9 Å². The topological polar surface area (TPSA) is 83.1 Å². The van der Waals surface area contributed by atoms with Crippen LogP contribution in [-0.2, 0) is 4.79 Å². The summed E-state index contributed by atoms with van der Waals surface area (Å²) in [6.45, 7) is 0.491. The fraction of sp³-hybridized carbons (Fsp3) is 0.364. The Labute approximate surface area is 98.8 Å². The molecule has 90 valence electrons. The summed E-state index contributed by atoms with van der Waals surface area (Å²) in [7, 11) is 1.73. The first-order valence-corrected chi connectivity index (χ1v) is 5.40. The SMILES string of the molecule is CNc1cnccc1C(=O)NC1CNC(=O)C1. The Bertz CT molecular complexity index is 447. The average molecular weight is 234 g/mol. The fourth-order valence-corrected chi connectivity index (χ4v) is 1.76. The second-order valence-corrected chi connectivity index (χ2v) is 3.85. The zero-order chi connectivity index (χ0) is 12.3. The number of carbonyl (C=O) groups is 2. The lowest BCUT2D eigenvalue weighted by molar-refractivity contribution is -0.119. The molecule has 1 aromatic rings. The number of nitrogens with zero attached hydrogens (tertiary/aromatic N) is 1. The minimum Gasteiger partial charge on any atom is -0.386 e. The van der Waals surface area contributed by atoms with E-state index in [1.807, 2.05) is 0 Å². The standard InChI is InChI=1S/C11H14N4O2/c1-12-9-6-13-3-2-8(9)11(17)15-7-4-10(16)14-5-7/h2-3,6-7,12H,4-5H2,1H3,(H,14,16)(H,15,17). The van der Waals surface area contributed by atoms with Crippen LogP contribution in [0.5, 0.6) is 0 Å². The minimum absolute atomic E-state index is 0.0288. The number of nitrogens with one attached hydrogen (secondary N) is 3. The Morgan fingerprint density at radius 2 is 2.41 bits per heavy atom. The van der Waals surface area contributed by atoms with Gasteiger partial charge >= 0.3 is 0 Å². The molecule has 1 aliphatic heterocycles. The molecule has 2 heterocycles. The molecule has 0 bridgehead atoms. The number of aromatic nitrogens is 1. The quantitative estimate of drug-likeness (QED) is 0.673. The van der Waals surface area contributed by atoms with Crippen LogP contribution in [0.2, 0.25) is 0 Å². The summed E-state index contributed by atoms with van der Waals surface area (Å²) in [5, 5.41) is 8.39. The van der Waals surface area contributed by atoms with Crippen molar-refractivity contribution in [3.63, 3.8) is 0 Å². The number of rotatable bonds is 3. The maximum Gasteiger partial charge on any atom is 0.253 e. The smallest absolute Gasteiger partial charge is 0.253 e. The second-order valence-electron chi connectivity index (χ2n) is 3.85. The molecule has 6 nitrogen and oxygen atoms in total.